The minimum absolute atomic E-state index is 0.0222. The van der Waals surface area contributed by atoms with Crippen molar-refractivity contribution < 1.29 is 4.79 Å². The fourth-order valence-corrected chi connectivity index (χ4v) is 4.01. The number of nitrogens with one attached hydrogen (secondary N) is 1. The summed E-state index contributed by atoms with van der Waals surface area (Å²) >= 11 is 0. The maximum atomic E-state index is 13.2. The molecule has 1 atom stereocenters. The summed E-state index contributed by atoms with van der Waals surface area (Å²) in [5.74, 6) is -0.0222. The average molecular weight is 390 g/mol. The molecule has 2 heterocycles. The Morgan fingerprint density at radius 1 is 1.07 bits per heavy atom. The first-order valence-corrected chi connectivity index (χ1v) is 9.99. The van der Waals surface area contributed by atoms with E-state index in [1.807, 2.05) is 79.0 Å². The van der Waals surface area contributed by atoms with Gasteiger partial charge in [0.25, 0.3) is 5.56 Å². The lowest BCUT2D eigenvalue weighted by Crippen LogP contribution is -2.44. The molecule has 3 aromatic rings. The van der Waals surface area contributed by atoms with Gasteiger partial charge in [-0.05, 0) is 50.5 Å². The van der Waals surface area contributed by atoms with Crippen molar-refractivity contribution >= 4 is 17.3 Å². The van der Waals surface area contributed by atoms with Gasteiger partial charge in [0.2, 0.25) is 5.91 Å². The minimum Gasteiger partial charge on any atom is -0.368 e. The summed E-state index contributed by atoms with van der Waals surface area (Å²) in [7, 11) is 1.85. The van der Waals surface area contributed by atoms with Gasteiger partial charge in [-0.3, -0.25) is 14.3 Å². The summed E-state index contributed by atoms with van der Waals surface area (Å²) in [5, 5.41) is 3.19. The molecule has 0 radical (unpaired) electrons. The summed E-state index contributed by atoms with van der Waals surface area (Å²) in [6.07, 6.45) is 1.93. The lowest BCUT2D eigenvalue weighted by molar-refractivity contribution is -0.119. The Hall–Kier alpha value is -3.28. The van der Waals surface area contributed by atoms with Crippen LogP contribution >= 0.6 is 0 Å². The summed E-state index contributed by atoms with van der Waals surface area (Å²) in [5.41, 5.74) is 4.06. The van der Waals surface area contributed by atoms with Gasteiger partial charge in [0.1, 0.15) is 11.7 Å². The number of para-hydroxylation sites is 2. The molecule has 1 aliphatic rings. The Morgan fingerprint density at radius 2 is 1.76 bits per heavy atom. The van der Waals surface area contributed by atoms with Gasteiger partial charge in [-0.1, -0.05) is 36.4 Å². The molecule has 0 bridgehead atoms. The molecule has 29 heavy (non-hydrogen) atoms. The number of aromatic nitrogens is 2. The Morgan fingerprint density at radius 3 is 2.52 bits per heavy atom. The lowest BCUT2D eigenvalue weighted by Gasteiger charge is -2.31. The number of nitrogens with zero attached hydrogens (tertiary/aromatic N) is 3. The van der Waals surface area contributed by atoms with Crippen LogP contribution in [0, 0.1) is 6.92 Å². The van der Waals surface area contributed by atoms with Crippen LogP contribution in [0.3, 0.4) is 0 Å². The molecule has 0 saturated heterocycles. The Labute approximate surface area is 170 Å². The number of carbonyl (C=O) groups excluding carboxylic acids is 1. The first-order chi connectivity index (χ1) is 14.0. The fraction of sp³-hybridized carbons (Fsp3) is 0.304. The van der Waals surface area contributed by atoms with E-state index in [4.69, 9.17) is 0 Å². The van der Waals surface area contributed by atoms with Crippen molar-refractivity contribution in [2.75, 3.05) is 16.8 Å². The summed E-state index contributed by atoms with van der Waals surface area (Å²) in [6.45, 7) is 4.40. The van der Waals surface area contributed by atoms with E-state index in [-0.39, 0.29) is 11.5 Å². The van der Waals surface area contributed by atoms with Crippen LogP contribution in [0.1, 0.15) is 24.6 Å². The number of anilines is 2. The van der Waals surface area contributed by atoms with Crippen LogP contribution in [0.15, 0.2) is 59.4 Å². The molecule has 0 fully saturated rings. The highest BCUT2D eigenvalue weighted by molar-refractivity contribution is 5.99. The monoisotopic (exact) mass is 390 g/mol. The van der Waals surface area contributed by atoms with Crippen LogP contribution in [0.2, 0.25) is 0 Å². The van der Waals surface area contributed by atoms with E-state index in [0.29, 0.717) is 12.2 Å². The van der Waals surface area contributed by atoms with Crippen molar-refractivity contribution in [1.29, 1.82) is 0 Å². The second kappa shape index (κ2) is 7.62. The molecule has 150 valence electrons. The summed E-state index contributed by atoms with van der Waals surface area (Å²) in [4.78, 5) is 28.1. The summed E-state index contributed by atoms with van der Waals surface area (Å²) < 4.78 is 3.43. The first kappa shape index (κ1) is 19.1. The maximum absolute atomic E-state index is 13.2. The van der Waals surface area contributed by atoms with E-state index in [1.54, 1.807) is 4.68 Å². The van der Waals surface area contributed by atoms with E-state index < -0.39 is 6.04 Å². The van der Waals surface area contributed by atoms with Crippen molar-refractivity contribution in [3.05, 3.63) is 76.2 Å². The predicted octanol–water partition coefficient (Wildman–Crippen LogP) is 3.26. The van der Waals surface area contributed by atoms with Gasteiger partial charge in [0.15, 0.2) is 0 Å². The number of benzene rings is 2. The van der Waals surface area contributed by atoms with Crippen LogP contribution in [-0.4, -0.2) is 27.9 Å². The van der Waals surface area contributed by atoms with E-state index in [9.17, 15) is 9.59 Å². The molecule has 1 unspecified atom stereocenters. The van der Waals surface area contributed by atoms with Crippen LogP contribution < -0.4 is 15.8 Å². The number of fused-ring (bicyclic) bond motifs is 1. The number of amides is 1. The highest BCUT2D eigenvalue weighted by Gasteiger charge is 2.27. The zero-order valence-corrected chi connectivity index (χ0v) is 17.1. The van der Waals surface area contributed by atoms with Crippen LogP contribution in [-0.2, 0) is 18.3 Å². The van der Waals surface area contributed by atoms with E-state index >= 15 is 0 Å². The van der Waals surface area contributed by atoms with Gasteiger partial charge in [0, 0.05) is 19.3 Å². The van der Waals surface area contributed by atoms with Crippen molar-refractivity contribution in [3.63, 3.8) is 0 Å². The normalized spacial score (nSPS) is 14.4. The second-order valence-corrected chi connectivity index (χ2v) is 7.52. The smallest absolute Gasteiger partial charge is 0.295 e. The standard InChI is InChI=1S/C23H26N4O2/c1-16(22(28)26-15-9-11-18-10-7-8-14-20(18)26)24-21-17(2)25(3)27(23(21)29)19-12-5-4-6-13-19/h4-8,10,12-14,16,24H,9,11,15H2,1-3H3. The number of carbonyl (C=O) groups is 1. The van der Waals surface area contributed by atoms with Crippen molar-refractivity contribution in [1.82, 2.24) is 9.36 Å². The topological polar surface area (TPSA) is 59.3 Å². The first-order valence-electron chi connectivity index (χ1n) is 9.99. The Bertz CT molecular complexity index is 1100. The van der Waals surface area contributed by atoms with Gasteiger partial charge >= 0.3 is 0 Å². The highest BCUT2D eigenvalue weighted by Crippen LogP contribution is 2.27. The molecule has 4 rings (SSSR count). The molecule has 1 aliphatic heterocycles. The Kier molecular flexibility index (Phi) is 5.01. The zero-order chi connectivity index (χ0) is 20.5. The largest absolute Gasteiger partial charge is 0.368 e. The van der Waals surface area contributed by atoms with Gasteiger partial charge in [0.05, 0.1) is 11.4 Å². The molecule has 2 aromatic carbocycles. The number of rotatable bonds is 4. The lowest BCUT2D eigenvalue weighted by atomic mass is 10.0. The fourth-order valence-electron chi connectivity index (χ4n) is 4.01. The molecule has 6 heteroatoms. The van der Waals surface area contributed by atoms with Gasteiger partial charge in [-0.25, -0.2) is 4.68 Å². The van der Waals surface area contributed by atoms with Gasteiger partial charge < -0.3 is 10.2 Å². The summed E-state index contributed by atoms with van der Waals surface area (Å²) in [6, 6.07) is 17.0. The Balaban J connectivity index is 1.62. The third-order valence-electron chi connectivity index (χ3n) is 5.66. The number of hydrogen-bond acceptors (Lipinski definition) is 3. The third kappa shape index (κ3) is 3.35. The van der Waals surface area contributed by atoms with Crippen molar-refractivity contribution in [2.45, 2.75) is 32.7 Å². The average Bonchev–Trinajstić information content (AvgIpc) is 2.96. The van der Waals surface area contributed by atoms with Crippen LogP contribution in [0.5, 0.6) is 0 Å². The van der Waals surface area contributed by atoms with Crippen molar-refractivity contribution in [2.24, 2.45) is 7.05 Å². The maximum Gasteiger partial charge on any atom is 0.295 e. The minimum atomic E-state index is -0.515. The van der Waals surface area contributed by atoms with E-state index in [2.05, 4.69) is 11.4 Å². The van der Waals surface area contributed by atoms with Crippen LogP contribution in [0.25, 0.3) is 5.69 Å². The predicted molar refractivity (Wildman–Crippen MR) is 116 cm³/mol. The van der Waals surface area contributed by atoms with Crippen LogP contribution in [0.4, 0.5) is 11.4 Å². The van der Waals surface area contributed by atoms with Gasteiger partial charge in [-0.2, -0.15) is 0 Å². The molecular weight excluding hydrogens is 364 g/mol. The third-order valence-corrected chi connectivity index (χ3v) is 5.66. The molecule has 0 spiro atoms. The molecule has 1 amide bonds. The second-order valence-electron chi connectivity index (χ2n) is 7.52. The number of aryl methyl sites for hydroxylation is 1. The van der Waals surface area contributed by atoms with Crippen molar-refractivity contribution in [3.8, 4) is 5.69 Å². The number of hydrogen-bond donors (Lipinski definition) is 1. The highest BCUT2D eigenvalue weighted by atomic mass is 16.2. The molecule has 1 N–H and O–H groups in total. The molecular formula is C23H26N4O2. The molecule has 1 aromatic heterocycles. The quantitative estimate of drug-likeness (QED) is 0.744. The SMILES string of the molecule is Cc1c(NC(C)C(=O)N2CCCc3ccccc32)c(=O)n(-c2ccccc2)n1C. The molecule has 0 saturated carbocycles. The molecule has 6 nitrogen and oxygen atoms in total. The zero-order valence-electron chi connectivity index (χ0n) is 17.1. The molecule has 0 aliphatic carbocycles. The van der Waals surface area contributed by atoms with E-state index in [1.165, 1.54) is 5.56 Å². The van der Waals surface area contributed by atoms with E-state index in [0.717, 1.165) is 29.9 Å². The van der Waals surface area contributed by atoms with Gasteiger partial charge in [-0.15, -0.1) is 0 Å².